The molecular formula is C9H17N. The summed E-state index contributed by atoms with van der Waals surface area (Å²) >= 11 is 0. The zero-order valence-electron chi connectivity index (χ0n) is 6.93. The molecule has 0 spiro atoms. The first-order chi connectivity index (χ1) is 4.85. The largest absolute Gasteiger partial charge is 0.327 e. The Balaban J connectivity index is 3.82. The molecule has 0 heterocycles. The molecule has 0 aromatic rings. The maximum absolute atomic E-state index is 5.31. The van der Waals surface area contributed by atoms with E-state index in [9.17, 15) is 0 Å². The summed E-state index contributed by atoms with van der Waals surface area (Å²) in [6, 6.07) is 0. The first-order valence-electron chi connectivity index (χ1n) is 3.90. The predicted molar refractivity (Wildman–Crippen MR) is 46.9 cm³/mol. The Hall–Kier alpha value is -0.560. The zero-order chi connectivity index (χ0) is 7.82. The molecular weight excluding hydrogens is 122 g/mol. The van der Waals surface area contributed by atoms with Gasteiger partial charge in [0, 0.05) is 6.54 Å². The molecule has 0 radical (unpaired) electrons. The van der Waals surface area contributed by atoms with Crippen molar-refractivity contribution < 1.29 is 0 Å². The third-order valence-corrected chi connectivity index (χ3v) is 1.34. The standard InChI is InChI=1S/C9H17N/c1-3-6-9(4-2)7-5-8-10/h5-7H,3-4,8,10H2,1-2H3/b7-5-,9-6+. The number of hydrogen-bond acceptors (Lipinski definition) is 1. The van der Waals surface area contributed by atoms with Gasteiger partial charge in [0.15, 0.2) is 0 Å². The smallest absolute Gasteiger partial charge is 0.0110 e. The van der Waals surface area contributed by atoms with E-state index in [4.69, 9.17) is 5.73 Å². The quantitative estimate of drug-likeness (QED) is 0.594. The van der Waals surface area contributed by atoms with Crippen LogP contribution in [0.1, 0.15) is 26.7 Å². The zero-order valence-corrected chi connectivity index (χ0v) is 6.93. The lowest BCUT2D eigenvalue weighted by Gasteiger charge is -1.93. The highest BCUT2D eigenvalue weighted by Gasteiger charge is 1.83. The molecule has 0 aliphatic heterocycles. The fourth-order valence-electron chi connectivity index (χ4n) is 0.812. The summed E-state index contributed by atoms with van der Waals surface area (Å²) < 4.78 is 0. The van der Waals surface area contributed by atoms with Crippen molar-refractivity contribution in [3.8, 4) is 0 Å². The molecule has 1 heteroatoms. The second-order valence-electron chi connectivity index (χ2n) is 2.18. The molecule has 2 N–H and O–H groups in total. The SMILES string of the molecule is CC/C=C(/C=C\CN)CC. The van der Waals surface area contributed by atoms with Crippen LogP contribution in [-0.4, -0.2) is 6.54 Å². The van der Waals surface area contributed by atoms with E-state index in [0.29, 0.717) is 6.54 Å². The summed E-state index contributed by atoms with van der Waals surface area (Å²) in [5.74, 6) is 0. The van der Waals surface area contributed by atoms with Gasteiger partial charge in [-0.3, -0.25) is 0 Å². The molecule has 10 heavy (non-hydrogen) atoms. The van der Waals surface area contributed by atoms with Gasteiger partial charge in [0.1, 0.15) is 0 Å². The summed E-state index contributed by atoms with van der Waals surface area (Å²) in [6.07, 6.45) is 8.53. The van der Waals surface area contributed by atoms with Crippen LogP contribution in [0.2, 0.25) is 0 Å². The third kappa shape index (κ3) is 4.33. The van der Waals surface area contributed by atoms with Gasteiger partial charge in [-0.2, -0.15) is 0 Å². The highest BCUT2D eigenvalue weighted by atomic mass is 14.5. The Kier molecular flexibility index (Phi) is 6.19. The van der Waals surface area contributed by atoms with Crippen molar-refractivity contribution in [2.24, 2.45) is 5.73 Å². The molecule has 0 aromatic carbocycles. The van der Waals surface area contributed by atoms with Crippen molar-refractivity contribution in [2.75, 3.05) is 6.54 Å². The fourth-order valence-corrected chi connectivity index (χ4v) is 0.812. The molecule has 0 aromatic heterocycles. The summed E-state index contributed by atoms with van der Waals surface area (Å²) in [7, 11) is 0. The Morgan fingerprint density at radius 3 is 2.50 bits per heavy atom. The minimum Gasteiger partial charge on any atom is -0.327 e. The number of hydrogen-bond donors (Lipinski definition) is 1. The Morgan fingerprint density at radius 2 is 2.10 bits per heavy atom. The van der Waals surface area contributed by atoms with E-state index in [1.807, 2.05) is 6.08 Å². The molecule has 0 aliphatic carbocycles. The van der Waals surface area contributed by atoms with Gasteiger partial charge in [-0.05, 0) is 12.8 Å². The van der Waals surface area contributed by atoms with E-state index < -0.39 is 0 Å². The van der Waals surface area contributed by atoms with Crippen LogP contribution in [-0.2, 0) is 0 Å². The average Bonchev–Trinajstić information content (AvgIpc) is 1.98. The second kappa shape index (κ2) is 6.56. The number of rotatable bonds is 4. The summed E-state index contributed by atoms with van der Waals surface area (Å²) in [5, 5.41) is 0. The van der Waals surface area contributed by atoms with Crippen molar-refractivity contribution >= 4 is 0 Å². The van der Waals surface area contributed by atoms with Crippen LogP contribution in [0.15, 0.2) is 23.8 Å². The molecule has 1 nitrogen and oxygen atoms in total. The van der Waals surface area contributed by atoms with Crippen LogP contribution < -0.4 is 5.73 Å². The van der Waals surface area contributed by atoms with Crippen LogP contribution in [0.3, 0.4) is 0 Å². The maximum atomic E-state index is 5.31. The van der Waals surface area contributed by atoms with E-state index >= 15 is 0 Å². The summed E-state index contributed by atoms with van der Waals surface area (Å²) in [5.41, 5.74) is 6.70. The van der Waals surface area contributed by atoms with Crippen molar-refractivity contribution in [1.29, 1.82) is 0 Å². The lowest BCUT2D eigenvalue weighted by Crippen LogP contribution is -1.92. The minimum atomic E-state index is 0.640. The molecule has 0 amide bonds. The lowest BCUT2D eigenvalue weighted by molar-refractivity contribution is 1.09. The van der Waals surface area contributed by atoms with Gasteiger partial charge in [-0.25, -0.2) is 0 Å². The molecule has 0 fully saturated rings. The summed E-state index contributed by atoms with van der Waals surface area (Å²) in [6.45, 7) is 4.94. The molecule has 0 unspecified atom stereocenters. The van der Waals surface area contributed by atoms with Crippen LogP contribution in [0, 0.1) is 0 Å². The Labute approximate surface area is 63.6 Å². The van der Waals surface area contributed by atoms with Crippen LogP contribution in [0.25, 0.3) is 0 Å². The van der Waals surface area contributed by atoms with Crippen LogP contribution in [0.4, 0.5) is 0 Å². The monoisotopic (exact) mass is 139 g/mol. The van der Waals surface area contributed by atoms with Gasteiger partial charge in [0.2, 0.25) is 0 Å². The maximum Gasteiger partial charge on any atom is 0.0110 e. The van der Waals surface area contributed by atoms with Gasteiger partial charge in [0.05, 0.1) is 0 Å². The van der Waals surface area contributed by atoms with Crippen LogP contribution >= 0.6 is 0 Å². The third-order valence-electron chi connectivity index (χ3n) is 1.34. The van der Waals surface area contributed by atoms with Crippen LogP contribution in [0.5, 0.6) is 0 Å². The molecule has 0 aliphatic rings. The number of allylic oxidation sites excluding steroid dienone is 3. The van der Waals surface area contributed by atoms with Crippen molar-refractivity contribution in [2.45, 2.75) is 26.7 Å². The Morgan fingerprint density at radius 1 is 1.40 bits per heavy atom. The van der Waals surface area contributed by atoms with Gasteiger partial charge in [-0.1, -0.05) is 37.6 Å². The molecule has 0 atom stereocenters. The van der Waals surface area contributed by atoms with Crippen molar-refractivity contribution in [3.63, 3.8) is 0 Å². The molecule has 58 valence electrons. The molecule has 0 bridgehead atoms. The van der Waals surface area contributed by atoms with E-state index in [-0.39, 0.29) is 0 Å². The molecule has 0 saturated heterocycles. The van der Waals surface area contributed by atoms with E-state index in [2.05, 4.69) is 26.0 Å². The second-order valence-corrected chi connectivity index (χ2v) is 2.18. The van der Waals surface area contributed by atoms with Gasteiger partial charge >= 0.3 is 0 Å². The van der Waals surface area contributed by atoms with E-state index in [1.165, 1.54) is 5.57 Å². The minimum absolute atomic E-state index is 0.640. The average molecular weight is 139 g/mol. The van der Waals surface area contributed by atoms with Crippen molar-refractivity contribution in [1.82, 2.24) is 0 Å². The first kappa shape index (κ1) is 9.44. The Bertz CT molecular complexity index is 123. The van der Waals surface area contributed by atoms with Crippen molar-refractivity contribution in [3.05, 3.63) is 23.8 Å². The predicted octanol–water partition coefficient (Wildman–Crippen LogP) is 2.25. The highest BCUT2D eigenvalue weighted by Crippen LogP contribution is 2.02. The topological polar surface area (TPSA) is 26.0 Å². The van der Waals surface area contributed by atoms with Gasteiger partial charge in [0.25, 0.3) is 0 Å². The van der Waals surface area contributed by atoms with Gasteiger partial charge in [-0.15, -0.1) is 0 Å². The molecule has 0 rings (SSSR count). The highest BCUT2D eigenvalue weighted by molar-refractivity contribution is 5.17. The summed E-state index contributed by atoms with van der Waals surface area (Å²) in [4.78, 5) is 0. The van der Waals surface area contributed by atoms with E-state index in [1.54, 1.807) is 0 Å². The normalized spacial score (nSPS) is 12.9. The van der Waals surface area contributed by atoms with Gasteiger partial charge < -0.3 is 5.73 Å². The molecule has 0 saturated carbocycles. The number of nitrogens with two attached hydrogens (primary N) is 1. The van der Waals surface area contributed by atoms with E-state index in [0.717, 1.165) is 12.8 Å². The first-order valence-corrected chi connectivity index (χ1v) is 3.90. The fraction of sp³-hybridized carbons (Fsp3) is 0.556. The lowest BCUT2D eigenvalue weighted by atomic mass is 10.1.